The Balaban J connectivity index is 5.96. The van der Waals surface area contributed by atoms with Crippen molar-refractivity contribution in [1.82, 2.24) is 0 Å². The second-order valence-corrected chi connectivity index (χ2v) is 4.54. The molecule has 0 saturated heterocycles. The van der Waals surface area contributed by atoms with Crippen LogP contribution in [0.2, 0.25) is 0 Å². The topological polar surface area (TPSA) is 43.4 Å². The Kier molecular flexibility index (Phi) is 3.98. The number of hydrogen-bond donors (Lipinski definition) is 0. The predicted octanol–water partition coefficient (Wildman–Crippen LogP) is 2.39. The Morgan fingerprint density at radius 2 is 1.11 bits per heavy atom. The smallest absolute Gasteiger partial charge is 0.269 e. The summed E-state index contributed by atoms with van der Waals surface area (Å²) in [5.74, 6) is -14.5. The highest BCUT2D eigenvalue weighted by molar-refractivity contribution is 7.87. The lowest BCUT2D eigenvalue weighted by atomic mass is 10.1. The molecular formula is C5H3F9O3S. The highest BCUT2D eigenvalue weighted by atomic mass is 32.2. The molecule has 0 aromatic heterocycles. The molecule has 0 spiro atoms. The largest absolute Gasteiger partial charge is 0.460 e. The van der Waals surface area contributed by atoms with Crippen LogP contribution < -0.4 is 0 Å². The van der Waals surface area contributed by atoms with Gasteiger partial charge in [-0.05, 0) is 0 Å². The van der Waals surface area contributed by atoms with Crippen LogP contribution in [0.5, 0.6) is 0 Å². The van der Waals surface area contributed by atoms with Crippen LogP contribution in [-0.2, 0) is 14.3 Å². The summed E-state index contributed by atoms with van der Waals surface area (Å²) >= 11 is 0. The lowest BCUT2D eigenvalue weighted by molar-refractivity contribution is -0.382. The van der Waals surface area contributed by atoms with E-state index in [4.69, 9.17) is 0 Å². The van der Waals surface area contributed by atoms with Gasteiger partial charge in [0.2, 0.25) is 0 Å². The number of alkyl halides is 9. The molecule has 13 heteroatoms. The maximum Gasteiger partial charge on any atom is 0.460 e. The Bertz CT molecular complexity index is 408. The maximum absolute atomic E-state index is 12.6. The summed E-state index contributed by atoms with van der Waals surface area (Å²) in [7, 11) is -6.77. The minimum absolute atomic E-state index is 0.106. The molecule has 0 aromatic rings. The molecule has 0 aromatic carbocycles. The molecule has 0 heterocycles. The van der Waals surface area contributed by atoms with Gasteiger partial charge in [-0.3, -0.25) is 4.18 Å². The van der Waals surface area contributed by atoms with E-state index < -0.39 is 33.4 Å². The second kappa shape index (κ2) is 4.15. The van der Waals surface area contributed by atoms with Crippen molar-refractivity contribution in [3.05, 3.63) is 0 Å². The van der Waals surface area contributed by atoms with Crippen LogP contribution in [0.1, 0.15) is 0 Å². The molecule has 0 atom stereocenters. The minimum Gasteiger partial charge on any atom is -0.269 e. The van der Waals surface area contributed by atoms with Crippen molar-refractivity contribution < 1.29 is 52.1 Å². The fraction of sp³-hybridized carbons (Fsp3) is 1.00. The summed E-state index contributed by atoms with van der Waals surface area (Å²) < 4.78 is 133. The first-order valence-electron chi connectivity index (χ1n) is 3.56. The molecule has 18 heavy (non-hydrogen) atoms. The third kappa shape index (κ3) is 2.13. The highest BCUT2D eigenvalue weighted by Crippen LogP contribution is 2.54. The van der Waals surface area contributed by atoms with Crippen LogP contribution in [0, 0.1) is 0 Å². The van der Waals surface area contributed by atoms with E-state index in [2.05, 4.69) is 4.18 Å². The van der Waals surface area contributed by atoms with E-state index in [1.807, 2.05) is 0 Å². The third-order valence-corrected chi connectivity index (χ3v) is 2.97. The molecule has 0 N–H and O–H groups in total. The van der Waals surface area contributed by atoms with Gasteiger partial charge in [-0.1, -0.05) is 0 Å². The molecule has 3 nitrogen and oxygen atoms in total. The summed E-state index contributed by atoms with van der Waals surface area (Å²) in [4.78, 5) is 0. The molecule has 0 aliphatic rings. The van der Waals surface area contributed by atoms with Gasteiger partial charge >= 0.3 is 33.4 Å². The fourth-order valence-electron chi connectivity index (χ4n) is 0.622. The van der Waals surface area contributed by atoms with E-state index >= 15 is 0 Å². The zero-order valence-electron chi connectivity index (χ0n) is 8.03. The van der Waals surface area contributed by atoms with Gasteiger partial charge in [0.25, 0.3) is 0 Å². The van der Waals surface area contributed by atoms with Crippen molar-refractivity contribution >= 4 is 10.1 Å². The quantitative estimate of drug-likeness (QED) is 0.591. The van der Waals surface area contributed by atoms with Gasteiger partial charge in [0.05, 0.1) is 7.11 Å². The fourth-order valence-corrected chi connectivity index (χ4v) is 1.27. The van der Waals surface area contributed by atoms with Crippen LogP contribution in [-0.4, -0.2) is 38.8 Å². The average Bonchev–Trinajstić information content (AvgIpc) is 2.15. The molecule has 0 fully saturated rings. The van der Waals surface area contributed by atoms with E-state index in [-0.39, 0.29) is 7.11 Å². The SMILES string of the molecule is [11CH3]OS(=O)(=O)C(F)(F)C(F)(F)C(F)(F)C(F)(F)F. The van der Waals surface area contributed by atoms with Crippen LogP contribution in [0.25, 0.3) is 0 Å². The van der Waals surface area contributed by atoms with Gasteiger partial charge in [-0.2, -0.15) is 47.9 Å². The minimum atomic E-state index is -7.27. The molecule has 110 valence electrons. The zero-order chi connectivity index (χ0) is 15.2. The number of halogens is 9. The molecule has 0 radical (unpaired) electrons. The van der Waals surface area contributed by atoms with Gasteiger partial charge in [0, 0.05) is 0 Å². The zero-order valence-corrected chi connectivity index (χ0v) is 8.85. The first kappa shape index (κ1) is 17.3. The van der Waals surface area contributed by atoms with Gasteiger partial charge < -0.3 is 0 Å². The summed E-state index contributed by atoms with van der Waals surface area (Å²) in [6.45, 7) is 0. The molecule has 0 amide bonds. The van der Waals surface area contributed by atoms with E-state index in [0.29, 0.717) is 0 Å². The summed E-state index contributed by atoms with van der Waals surface area (Å²) in [5.41, 5.74) is 0. The molecule has 0 aliphatic heterocycles. The van der Waals surface area contributed by atoms with E-state index in [0.717, 1.165) is 0 Å². The molecule has 0 saturated carbocycles. The number of hydrogen-bond acceptors (Lipinski definition) is 3. The van der Waals surface area contributed by atoms with Crippen LogP contribution in [0.15, 0.2) is 0 Å². The van der Waals surface area contributed by atoms with E-state index in [1.165, 1.54) is 0 Å². The highest BCUT2D eigenvalue weighted by Gasteiger charge is 2.85. The third-order valence-electron chi connectivity index (χ3n) is 1.65. The second-order valence-electron chi connectivity index (χ2n) is 2.78. The Morgan fingerprint density at radius 3 is 1.33 bits per heavy atom. The Morgan fingerprint density at radius 1 is 0.778 bits per heavy atom. The molecular weight excluding hydrogens is 310 g/mol. The molecule has 0 aliphatic carbocycles. The lowest BCUT2D eigenvalue weighted by Crippen LogP contribution is -2.63. The van der Waals surface area contributed by atoms with Crippen molar-refractivity contribution in [3.63, 3.8) is 0 Å². The van der Waals surface area contributed by atoms with E-state index in [9.17, 15) is 47.9 Å². The van der Waals surface area contributed by atoms with Gasteiger partial charge in [0.15, 0.2) is 0 Å². The average molecular weight is 313 g/mol. The Labute approximate surface area is 93.6 Å². The predicted molar refractivity (Wildman–Crippen MR) is 36.8 cm³/mol. The van der Waals surface area contributed by atoms with E-state index in [1.54, 1.807) is 0 Å². The lowest BCUT2D eigenvalue weighted by Gasteiger charge is -2.32. The molecule has 0 bridgehead atoms. The van der Waals surface area contributed by atoms with Gasteiger partial charge in [-0.25, -0.2) is 0 Å². The first-order chi connectivity index (χ1) is 7.56. The molecule has 0 rings (SSSR count). The summed E-state index contributed by atoms with van der Waals surface area (Å²) in [5, 5.41) is -6.77. The monoisotopic (exact) mass is 313 g/mol. The van der Waals surface area contributed by atoms with Gasteiger partial charge in [-0.15, -0.1) is 0 Å². The normalized spacial score (nSPS) is 15.9. The Hall–Kier alpha value is -0.720. The summed E-state index contributed by atoms with van der Waals surface area (Å²) in [6.07, 6.45) is -7.08. The first-order valence-corrected chi connectivity index (χ1v) is 4.97. The van der Waals surface area contributed by atoms with Gasteiger partial charge in [0.1, 0.15) is 0 Å². The van der Waals surface area contributed by atoms with Crippen LogP contribution in [0.4, 0.5) is 39.5 Å². The maximum atomic E-state index is 12.6. The van der Waals surface area contributed by atoms with Crippen molar-refractivity contribution in [1.29, 1.82) is 0 Å². The number of rotatable bonds is 4. The van der Waals surface area contributed by atoms with Crippen molar-refractivity contribution in [3.8, 4) is 0 Å². The summed E-state index contributed by atoms with van der Waals surface area (Å²) in [6, 6.07) is 0. The van der Waals surface area contributed by atoms with Crippen molar-refractivity contribution in [2.24, 2.45) is 0 Å². The van der Waals surface area contributed by atoms with Crippen LogP contribution >= 0.6 is 0 Å². The molecule has 0 unspecified atom stereocenters. The van der Waals surface area contributed by atoms with Crippen molar-refractivity contribution in [2.45, 2.75) is 23.3 Å². The van der Waals surface area contributed by atoms with Crippen LogP contribution in [0.3, 0.4) is 0 Å². The van der Waals surface area contributed by atoms with Crippen molar-refractivity contribution in [2.75, 3.05) is 7.11 Å². The standard InChI is InChI=1S/C5H3F9O3S/c1-17-18(15,16)5(13,14)3(8,9)2(6,7)4(10,11)12/h1H3/i1-1.